The fraction of sp³-hybridized carbons (Fsp3) is 0.556. The molecule has 1 aromatic rings. The van der Waals surface area contributed by atoms with Crippen LogP contribution in [0.3, 0.4) is 0 Å². The Bertz CT molecular complexity index is 400. The van der Waals surface area contributed by atoms with Gasteiger partial charge in [-0.05, 0) is 6.42 Å². The third kappa shape index (κ3) is 3.56. The third-order valence-corrected chi connectivity index (χ3v) is 1.85. The zero-order chi connectivity index (χ0) is 12.2. The summed E-state index contributed by atoms with van der Waals surface area (Å²) in [4.78, 5) is 16.4. The molecule has 1 aromatic heterocycles. The molecule has 2 N–H and O–H groups in total. The van der Waals surface area contributed by atoms with E-state index in [1.54, 1.807) is 0 Å². The van der Waals surface area contributed by atoms with Gasteiger partial charge in [0.2, 0.25) is 5.95 Å². The zero-order valence-electron chi connectivity index (χ0n) is 8.69. The lowest BCUT2D eigenvalue weighted by Crippen LogP contribution is -2.19. The van der Waals surface area contributed by atoms with Gasteiger partial charge in [-0.2, -0.15) is 13.2 Å². The predicted molar refractivity (Wildman–Crippen MR) is 53.3 cm³/mol. The van der Waals surface area contributed by atoms with Gasteiger partial charge >= 0.3 is 6.18 Å². The summed E-state index contributed by atoms with van der Waals surface area (Å²) < 4.78 is 36.9. The molecule has 90 valence electrons. The highest BCUT2D eigenvalue weighted by molar-refractivity contribution is 5.25. The number of alkyl halides is 3. The van der Waals surface area contributed by atoms with Crippen molar-refractivity contribution in [2.24, 2.45) is 0 Å². The Kier molecular flexibility index (Phi) is 3.92. The maximum atomic E-state index is 12.3. The number of hydrogen-bond acceptors (Lipinski definition) is 3. The summed E-state index contributed by atoms with van der Waals surface area (Å²) in [6.07, 6.45) is -2.91. The second kappa shape index (κ2) is 5.00. The quantitative estimate of drug-likeness (QED) is 0.785. The minimum absolute atomic E-state index is 0.145. The summed E-state index contributed by atoms with van der Waals surface area (Å²) in [5, 5.41) is 2.63. The maximum absolute atomic E-state index is 12.3. The first-order valence-corrected chi connectivity index (χ1v) is 4.86. The van der Waals surface area contributed by atoms with Gasteiger partial charge in [-0.15, -0.1) is 0 Å². The van der Waals surface area contributed by atoms with Gasteiger partial charge in [0.25, 0.3) is 5.56 Å². The van der Waals surface area contributed by atoms with E-state index in [1.165, 1.54) is 0 Å². The smallest absolute Gasteiger partial charge is 0.356 e. The van der Waals surface area contributed by atoms with Crippen molar-refractivity contribution in [3.63, 3.8) is 0 Å². The van der Waals surface area contributed by atoms with Crippen molar-refractivity contribution in [1.29, 1.82) is 0 Å². The number of anilines is 1. The molecule has 4 nitrogen and oxygen atoms in total. The molecule has 0 saturated heterocycles. The van der Waals surface area contributed by atoms with Crippen LogP contribution in [0.4, 0.5) is 19.1 Å². The standard InChI is InChI=1S/C9H12F3N3O/c1-2-3-4-13-8-14-6(9(10,11)12)5-7(16)15-8/h5H,2-4H2,1H3,(H2,13,14,15,16). The summed E-state index contributed by atoms with van der Waals surface area (Å²) in [5.74, 6) is -0.145. The number of H-pyrrole nitrogens is 1. The highest BCUT2D eigenvalue weighted by Crippen LogP contribution is 2.26. The molecular weight excluding hydrogens is 223 g/mol. The van der Waals surface area contributed by atoms with Gasteiger partial charge in [-0.3, -0.25) is 9.78 Å². The van der Waals surface area contributed by atoms with Crippen LogP contribution in [-0.2, 0) is 6.18 Å². The molecule has 0 fully saturated rings. The van der Waals surface area contributed by atoms with Crippen molar-refractivity contribution in [2.75, 3.05) is 11.9 Å². The van der Waals surface area contributed by atoms with Crippen LogP contribution in [0.15, 0.2) is 10.9 Å². The lowest BCUT2D eigenvalue weighted by Gasteiger charge is -2.08. The predicted octanol–water partition coefficient (Wildman–Crippen LogP) is 2.00. The summed E-state index contributed by atoms with van der Waals surface area (Å²) >= 11 is 0. The molecule has 0 saturated carbocycles. The molecule has 16 heavy (non-hydrogen) atoms. The first-order valence-electron chi connectivity index (χ1n) is 4.86. The van der Waals surface area contributed by atoms with E-state index in [0.717, 1.165) is 12.8 Å². The van der Waals surface area contributed by atoms with Crippen molar-refractivity contribution in [3.8, 4) is 0 Å². The molecule has 7 heteroatoms. The number of aromatic nitrogens is 2. The van der Waals surface area contributed by atoms with Crippen LogP contribution in [-0.4, -0.2) is 16.5 Å². The van der Waals surface area contributed by atoms with Crippen molar-refractivity contribution < 1.29 is 13.2 Å². The average Bonchev–Trinajstić information content (AvgIpc) is 2.16. The number of rotatable bonds is 4. The van der Waals surface area contributed by atoms with E-state index in [1.807, 2.05) is 6.92 Å². The van der Waals surface area contributed by atoms with E-state index in [9.17, 15) is 18.0 Å². The monoisotopic (exact) mass is 235 g/mol. The Balaban J connectivity index is 2.86. The Morgan fingerprint density at radius 1 is 1.50 bits per heavy atom. The molecule has 0 aliphatic carbocycles. The number of hydrogen-bond donors (Lipinski definition) is 2. The van der Waals surface area contributed by atoms with Crippen molar-refractivity contribution in [1.82, 2.24) is 9.97 Å². The van der Waals surface area contributed by atoms with Gasteiger partial charge in [0.15, 0.2) is 5.69 Å². The van der Waals surface area contributed by atoms with E-state index < -0.39 is 17.4 Å². The number of unbranched alkanes of at least 4 members (excludes halogenated alkanes) is 1. The van der Waals surface area contributed by atoms with Crippen molar-refractivity contribution >= 4 is 5.95 Å². The molecule has 0 aliphatic heterocycles. The van der Waals surface area contributed by atoms with E-state index >= 15 is 0 Å². The van der Waals surface area contributed by atoms with E-state index in [-0.39, 0.29) is 5.95 Å². The minimum Gasteiger partial charge on any atom is -0.356 e. The summed E-state index contributed by atoms with van der Waals surface area (Å²) in [5.41, 5.74) is -2.00. The second-order valence-electron chi connectivity index (χ2n) is 3.26. The van der Waals surface area contributed by atoms with Gasteiger partial charge in [-0.25, -0.2) is 4.98 Å². The molecule has 0 unspecified atom stereocenters. The second-order valence-corrected chi connectivity index (χ2v) is 3.26. The van der Waals surface area contributed by atoms with E-state index in [4.69, 9.17) is 0 Å². The van der Waals surface area contributed by atoms with Crippen LogP contribution in [0, 0.1) is 0 Å². The van der Waals surface area contributed by atoms with Gasteiger partial charge in [0.05, 0.1) is 0 Å². The topological polar surface area (TPSA) is 57.8 Å². The fourth-order valence-corrected chi connectivity index (χ4v) is 1.07. The first kappa shape index (κ1) is 12.5. The van der Waals surface area contributed by atoms with E-state index in [0.29, 0.717) is 12.6 Å². The normalized spacial score (nSPS) is 11.5. The van der Waals surface area contributed by atoms with Crippen LogP contribution in [0.1, 0.15) is 25.5 Å². The number of halogens is 3. The Hall–Kier alpha value is -1.53. The summed E-state index contributed by atoms with van der Waals surface area (Å²) in [6, 6.07) is 0.436. The molecule has 1 heterocycles. The van der Waals surface area contributed by atoms with Gasteiger partial charge in [0.1, 0.15) is 0 Å². The summed E-state index contributed by atoms with van der Waals surface area (Å²) in [6.45, 7) is 2.42. The Labute approximate surface area is 89.9 Å². The molecule has 0 aromatic carbocycles. The van der Waals surface area contributed by atoms with Crippen LogP contribution in [0.25, 0.3) is 0 Å². The first-order chi connectivity index (χ1) is 7.43. The molecule has 0 bridgehead atoms. The highest BCUT2D eigenvalue weighted by atomic mass is 19.4. The number of aromatic amines is 1. The van der Waals surface area contributed by atoms with Crippen LogP contribution >= 0.6 is 0 Å². The Morgan fingerprint density at radius 2 is 2.19 bits per heavy atom. The Morgan fingerprint density at radius 3 is 2.75 bits per heavy atom. The highest BCUT2D eigenvalue weighted by Gasteiger charge is 2.33. The van der Waals surface area contributed by atoms with E-state index in [2.05, 4.69) is 15.3 Å². The van der Waals surface area contributed by atoms with Crippen molar-refractivity contribution in [2.45, 2.75) is 25.9 Å². The SMILES string of the molecule is CCCCNc1nc(C(F)(F)F)cc(=O)[nH]1. The fourth-order valence-electron chi connectivity index (χ4n) is 1.07. The molecule has 0 spiro atoms. The minimum atomic E-state index is -4.60. The molecule has 0 amide bonds. The maximum Gasteiger partial charge on any atom is 0.433 e. The third-order valence-electron chi connectivity index (χ3n) is 1.85. The molecule has 0 aliphatic rings. The number of nitrogens with zero attached hydrogens (tertiary/aromatic N) is 1. The van der Waals surface area contributed by atoms with Crippen LogP contribution in [0.5, 0.6) is 0 Å². The van der Waals surface area contributed by atoms with Crippen LogP contribution in [0.2, 0.25) is 0 Å². The van der Waals surface area contributed by atoms with Gasteiger partial charge in [0, 0.05) is 12.6 Å². The molecular formula is C9H12F3N3O. The molecule has 0 atom stereocenters. The molecule has 0 radical (unpaired) electrons. The lowest BCUT2D eigenvalue weighted by atomic mass is 10.3. The van der Waals surface area contributed by atoms with Crippen LogP contribution < -0.4 is 10.9 Å². The van der Waals surface area contributed by atoms with Gasteiger partial charge in [-0.1, -0.05) is 13.3 Å². The average molecular weight is 235 g/mol. The zero-order valence-corrected chi connectivity index (χ0v) is 8.69. The largest absolute Gasteiger partial charge is 0.433 e. The lowest BCUT2D eigenvalue weighted by molar-refractivity contribution is -0.141. The van der Waals surface area contributed by atoms with Gasteiger partial charge < -0.3 is 5.32 Å². The summed E-state index contributed by atoms with van der Waals surface area (Å²) in [7, 11) is 0. The number of nitrogens with one attached hydrogen (secondary N) is 2. The molecule has 1 rings (SSSR count). The van der Waals surface area contributed by atoms with Crippen molar-refractivity contribution in [3.05, 3.63) is 22.1 Å².